The topological polar surface area (TPSA) is 128 Å². The lowest BCUT2D eigenvalue weighted by atomic mass is 10.2. The number of aliphatic hydroxyl groups is 1. The maximum absolute atomic E-state index is 13.5. The van der Waals surface area contributed by atoms with Crippen LogP contribution >= 0.6 is 0 Å². The number of carbonyl (C=O) groups is 3. The summed E-state index contributed by atoms with van der Waals surface area (Å²) in [6.07, 6.45) is 0.174. The van der Waals surface area contributed by atoms with Crippen LogP contribution in [0.5, 0.6) is 0 Å². The van der Waals surface area contributed by atoms with Crippen molar-refractivity contribution in [1.29, 1.82) is 0 Å². The van der Waals surface area contributed by atoms with Crippen molar-refractivity contribution in [2.45, 2.75) is 12.8 Å². The zero-order valence-electron chi connectivity index (χ0n) is 16.4. The highest BCUT2D eigenvalue weighted by molar-refractivity contribution is 6.06. The van der Waals surface area contributed by atoms with Gasteiger partial charge in [0, 0.05) is 29.3 Å². The molecule has 4 N–H and O–H groups in total. The van der Waals surface area contributed by atoms with Crippen molar-refractivity contribution >= 4 is 39.6 Å². The second-order valence-electron chi connectivity index (χ2n) is 6.95. The number of rotatable bonds is 6. The van der Waals surface area contributed by atoms with Crippen LogP contribution in [0.4, 0.5) is 0 Å². The van der Waals surface area contributed by atoms with Crippen molar-refractivity contribution in [2.24, 2.45) is 0 Å². The first-order valence-electron chi connectivity index (χ1n) is 9.66. The molecule has 2 aromatic carbocycles. The molecule has 158 valence electrons. The Bertz CT molecular complexity index is 1260. The van der Waals surface area contributed by atoms with Crippen LogP contribution in [0.2, 0.25) is 0 Å². The maximum Gasteiger partial charge on any atom is 0.354 e. The van der Waals surface area contributed by atoms with Crippen LogP contribution in [0.15, 0.2) is 60.7 Å². The van der Waals surface area contributed by atoms with Crippen LogP contribution in [-0.2, 0) is 4.79 Å². The van der Waals surface area contributed by atoms with E-state index in [9.17, 15) is 19.5 Å². The molecular weight excluding hydrogens is 400 g/mol. The number of aromatic carboxylic acids is 1. The molecule has 2 amide bonds. The van der Waals surface area contributed by atoms with Gasteiger partial charge in [0.1, 0.15) is 5.69 Å². The number of para-hydroxylation sites is 2. The van der Waals surface area contributed by atoms with Gasteiger partial charge >= 0.3 is 11.9 Å². The SMILES string of the molecule is O=C(CCCO)NN(C(=O)c1cc2ccccc2[nH]1)n1c(C(=O)O)cc2ccccc21. The monoisotopic (exact) mass is 420 g/mol. The summed E-state index contributed by atoms with van der Waals surface area (Å²) in [5.74, 6) is -2.43. The summed E-state index contributed by atoms with van der Waals surface area (Å²) >= 11 is 0. The Hall–Kier alpha value is -4.11. The number of hydrogen-bond donors (Lipinski definition) is 4. The third-order valence-electron chi connectivity index (χ3n) is 4.85. The van der Waals surface area contributed by atoms with Crippen molar-refractivity contribution in [1.82, 2.24) is 15.1 Å². The number of aromatic nitrogens is 2. The Morgan fingerprint density at radius 1 is 1.00 bits per heavy atom. The smallest absolute Gasteiger partial charge is 0.354 e. The molecule has 0 aliphatic rings. The van der Waals surface area contributed by atoms with E-state index in [2.05, 4.69) is 10.4 Å². The van der Waals surface area contributed by atoms with Crippen LogP contribution < -0.4 is 10.5 Å². The molecule has 0 saturated heterocycles. The van der Waals surface area contributed by atoms with Crippen LogP contribution in [0.3, 0.4) is 0 Å². The Morgan fingerprint density at radius 3 is 2.42 bits per heavy atom. The van der Waals surface area contributed by atoms with E-state index in [1.165, 1.54) is 10.7 Å². The van der Waals surface area contributed by atoms with Crippen LogP contribution in [0, 0.1) is 0 Å². The summed E-state index contributed by atoms with van der Waals surface area (Å²) in [4.78, 5) is 40.9. The number of benzene rings is 2. The van der Waals surface area contributed by atoms with Crippen molar-refractivity contribution in [3.8, 4) is 0 Å². The quantitative estimate of drug-likeness (QED) is 0.356. The first-order valence-corrected chi connectivity index (χ1v) is 9.66. The van der Waals surface area contributed by atoms with Crippen LogP contribution in [0.25, 0.3) is 21.8 Å². The lowest BCUT2D eigenvalue weighted by molar-refractivity contribution is -0.121. The highest BCUT2D eigenvalue weighted by Gasteiger charge is 2.27. The highest BCUT2D eigenvalue weighted by atomic mass is 16.4. The lowest BCUT2D eigenvalue weighted by Gasteiger charge is -2.25. The zero-order chi connectivity index (χ0) is 22.0. The van der Waals surface area contributed by atoms with E-state index in [4.69, 9.17) is 5.11 Å². The Balaban J connectivity index is 1.84. The molecule has 2 heterocycles. The average molecular weight is 420 g/mol. The summed E-state index contributed by atoms with van der Waals surface area (Å²) in [6, 6.07) is 17.2. The van der Waals surface area contributed by atoms with E-state index in [0.29, 0.717) is 10.9 Å². The average Bonchev–Trinajstić information content (AvgIpc) is 3.37. The molecule has 9 nitrogen and oxygen atoms in total. The molecule has 0 unspecified atom stereocenters. The second-order valence-corrected chi connectivity index (χ2v) is 6.95. The van der Waals surface area contributed by atoms with Crippen molar-refractivity contribution < 1.29 is 24.6 Å². The summed E-state index contributed by atoms with van der Waals surface area (Å²) < 4.78 is 1.17. The molecule has 4 aromatic rings. The van der Waals surface area contributed by atoms with E-state index in [0.717, 1.165) is 16.0 Å². The van der Waals surface area contributed by atoms with Crippen molar-refractivity contribution in [3.05, 3.63) is 72.1 Å². The number of nitrogens with zero attached hydrogens (tertiary/aromatic N) is 2. The molecule has 31 heavy (non-hydrogen) atoms. The number of hydrogen-bond acceptors (Lipinski definition) is 4. The molecule has 0 bridgehead atoms. The van der Waals surface area contributed by atoms with Gasteiger partial charge in [-0.1, -0.05) is 36.4 Å². The molecule has 0 saturated carbocycles. The van der Waals surface area contributed by atoms with Gasteiger partial charge in [-0.3, -0.25) is 9.59 Å². The van der Waals surface area contributed by atoms with Gasteiger partial charge < -0.3 is 15.2 Å². The van der Waals surface area contributed by atoms with Gasteiger partial charge in [-0.05, 0) is 30.7 Å². The summed E-state index contributed by atoms with van der Waals surface area (Å²) in [5.41, 5.74) is 3.66. The molecule has 0 atom stereocenters. The minimum atomic E-state index is -1.25. The third kappa shape index (κ3) is 3.86. The Labute approximate surface area is 176 Å². The van der Waals surface area contributed by atoms with Gasteiger partial charge in [0.25, 0.3) is 0 Å². The van der Waals surface area contributed by atoms with Gasteiger partial charge in [0.2, 0.25) is 5.91 Å². The van der Waals surface area contributed by atoms with Gasteiger partial charge in [-0.25, -0.2) is 14.9 Å². The lowest BCUT2D eigenvalue weighted by Crippen LogP contribution is -2.54. The first kappa shape index (κ1) is 20.2. The van der Waals surface area contributed by atoms with E-state index < -0.39 is 17.8 Å². The third-order valence-corrected chi connectivity index (χ3v) is 4.85. The molecule has 0 fully saturated rings. The normalized spacial score (nSPS) is 11.0. The number of aromatic amines is 1. The number of carboxylic acid groups (broad SMARTS) is 1. The Morgan fingerprint density at radius 2 is 1.71 bits per heavy atom. The predicted molar refractivity (Wildman–Crippen MR) is 114 cm³/mol. The van der Waals surface area contributed by atoms with Gasteiger partial charge in [-0.2, -0.15) is 0 Å². The zero-order valence-corrected chi connectivity index (χ0v) is 16.4. The van der Waals surface area contributed by atoms with Crippen LogP contribution in [0.1, 0.15) is 33.8 Å². The molecule has 0 radical (unpaired) electrons. The Kier molecular flexibility index (Phi) is 5.42. The van der Waals surface area contributed by atoms with E-state index >= 15 is 0 Å². The molecule has 2 aromatic heterocycles. The molecule has 9 heteroatoms. The summed E-state index contributed by atoms with van der Waals surface area (Å²) in [6.45, 7) is -0.184. The van der Waals surface area contributed by atoms with Gasteiger partial charge in [0.15, 0.2) is 5.69 Å². The first-order chi connectivity index (χ1) is 15.0. The second kappa shape index (κ2) is 8.33. The summed E-state index contributed by atoms with van der Waals surface area (Å²) in [5, 5.41) is 21.1. The predicted octanol–water partition coefficient (Wildman–Crippen LogP) is 2.40. The number of hydrazine groups is 1. The van der Waals surface area contributed by atoms with Crippen molar-refractivity contribution in [3.63, 3.8) is 0 Å². The molecule has 0 spiro atoms. The molecule has 0 aliphatic heterocycles. The number of carboxylic acids is 1. The number of aliphatic hydroxyl groups excluding tert-OH is 1. The van der Waals surface area contributed by atoms with Gasteiger partial charge in [-0.15, -0.1) is 5.12 Å². The number of fused-ring (bicyclic) bond motifs is 2. The fourth-order valence-corrected chi connectivity index (χ4v) is 3.42. The maximum atomic E-state index is 13.5. The minimum absolute atomic E-state index is 0.0331. The molecule has 4 rings (SSSR count). The molecular formula is C22H20N4O5. The minimum Gasteiger partial charge on any atom is -0.477 e. The number of H-pyrrole nitrogens is 1. The standard InChI is InChI=1S/C22H20N4O5/c27-11-5-10-20(28)24-26(21(29)17-12-14-6-1-3-8-16(14)23-17)25-18-9-4-2-7-15(18)13-19(25)22(30)31/h1-4,6-9,12-13,23,27H,5,10-11H2,(H,24,28)(H,30,31). The largest absolute Gasteiger partial charge is 0.477 e. The molecule has 0 aliphatic carbocycles. The number of carbonyl (C=O) groups excluding carboxylic acids is 2. The van der Waals surface area contributed by atoms with E-state index in [1.54, 1.807) is 30.3 Å². The van der Waals surface area contributed by atoms with Crippen LogP contribution in [-0.4, -0.2) is 44.3 Å². The fraction of sp³-hybridized carbons (Fsp3) is 0.136. The summed E-state index contributed by atoms with van der Waals surface area (Å²) in [7, 11) is 0. The fourth-order valence-electron chi connectivity index (χ4n) is 3.42. The van der Waals surface area contributed by atoms with E-state index in [1.807, 2.05) is 24.3 Å². The van der Waals surface area contributed by atoms with E-state index in [-0.39, 0.29) is 30.8 Å². The number of nitrogens with one attached hydrogen (secondary N) is 2. The number of amides is 2. The van der Waals surface area contributed by atoms with Crippen molar-refractivity contribution in [2.75, 3.05) is 11.7 Å². The van der Waals surface area contributed by atoms with Gasteiger partial charge in [0.05, 0.1) is 5.52 Å². The highest BCUT2D eigenvalue weighted by Crippen LogP contribution is 2.22.